The molecular weight excluding hydrogens is 340 g/mol. The molecule has 1 heterocycles. The van der Waals surface area contributed by atoms with Crippen molar-refractivity contribution in [3.8, 4) is 11.5 Å². The molecule has 0 radical (unpaired) electrons. The quantitative estimate of drug-likeness (QED) is 0.569. The van der Waals surface area contributed by atoms with Crippen LogP contribution < -0.4 is 20.1 Å². The minimum absolute atomic E-state index is 0.300. The molecule has 1 aliphatic rings. The second-order valence-corrected chi connectivity index (χ2v) is 5.89. The Balaban J connectivity index is 2.61. The molecule has 0 saturated carbocycles. The summed E-state index contributed by atoms with van der Waals surface area (Å²) in [6.07, 6.45) is 1.56. The largest absolute Gasteiger partial charge is 0.493 e. The van der Waals surface area contributed by atoms with Gasteiger partial charge >= 0.3 is 5.97 Å². The van der Waals surface area contributed by atoms with Crippen molar-refractivity contribution in [3.63, 3.8) is 0 Å². The van der Waals surface area contributed by atoms with Gasteiger partial charge in [0.05, 0.1) is 32.4 Å². The first-order valence-electron chi connectivity index (χ1n) is 8.25. The van der Waals surface area contributed by atoms with E-state index in [1.54, 1.807) is 21.1 Å². The molecule has 0 fully saturated rings. The van der Waals surface area contributed by atoms with Crippen LogP contribution in [0.2, 0.25) is 0 Å². The molecule has 2 N–H and O–H groups in total. The van der Waals surface area contributed by atoms with Crippen LogP contribution in [0.25, 0.3) is 0 Å². The molecule has 136 valence electrons. The summed E-state index contributed by atoms with van der Waals surface area (Å²) < 4.78 is 16.2. The molecule has 0 aromatic heterocycles. The van der Waals surface area contributed by atoms with Crippen LogP contribution in [-0.4, -0.2) is 31.9 Å². The lowest BCUT2D eigenvalue weighted by Crippen LogP contribution is -2.45. The average Bonchev–Trinajstić information content (AvgIpc) is 2.60. The lowest BCUT2D eigenvalue weighted by Gasteiger charge is -2.32. The Hall–Kier alpha value is -2.28. The fourth-order valence-electron chi connectivity index (χ4n) is 2.89. The zero-order valence-corrected chi connectivity index (χ0v) is 15.8. The summed E-state index contributed by atoms with van der Waals surface area (Å²) in [4.78, 5) is 12.7. The predicted octanol–water partition coefficient (Wildman–Crippen LogP) is 2.84. The van der Waals surface area contributed by atoms with Gasteiger partial charge in [-0.1, -0.05) is 25.5 Å². The number of thiocarbonyl (C=S) groups is 1. The van der Waals surface area contributed by atoms with Crippen LogP contribution in [0, 0.1) is 0 Å². The van der Waals surface area contributed by atoms with Crippen LogP contribution in [0.1, 0.15) is 38.3 Å². The van der Waals surface area contributed by atoms with Gasteiger partial charge < -0.3 is 24.8 Å². The number of ether oxygens (including phenoxy) is 3. The maximum absolute atomic E-state index is 12.7. The number of carbonyl (C=O) groups is 1. The van der Waals surface area contributed by atoms with Crippen LogP contribution in [0.4, 0.5) is 0 Å². The number of rotatable bonds is 7. The van der Waals surface area contributed by atoms with Crippen LogP contribution in [0.15, 0.2) is 29.5 Å². The first-order chi connectivity index (χ1) is 12.1. The molecule has 0 unspecified atom stereocenters. The molecule has 2 rings (SSSR count). The predicted molar refractivity (Wildman–Crippen MR) is 99.7 cm³/mol. The van der Waals surface area contributed by atoms with Gasteiger partial charge in [0, 0.05) is 11.3 Å². The van der Waals surface area contributed by atoms with Crippen molar-refractivity contribution in [2.24, 2.45) is 0 Å². The van der Waals surface area contributed by atoms with Gasteiger partial charge in [-0.3, -0.25) is 0 Å². The summed E-state index contributed by atoms with van der Waals surface area (Å²) >= 11 is 5.34. The maximum atomic E-state index is 12.7. The highest BCUT2D eigenvalue weighted by Crippen LogP contribution is 2.39. The summed E-state index contributed by atoms with van der Waals surface area (Å²) in [5.41, 5.74) is 2.06. The van der Waals surface area contributed by atoms with E-state index in [4.69, 9.17) is 26.4 Å². The molecule has 6 nitrogen and oxygen atoms in total. The van der Waals surface area contributed by atoms with Gasteiger partial charge in [0.15, 0.2) is 16.6 Å². The SMILES string of the molecule is CCCC1=C(C(=O)OCC)[C@H](c2cccc(OC)c2OC)NC(=S)N1. The van der Waals surface area contributed by atoms with Crippen molar-refractivity contribution in [1.29, 1.82) is 0 Å². The topological polar surface area (TPSA) is 68.8 Å². The van der Waals surface area contributed by atoms with E-state index in [2.05, 4.69) is 10.6 Å². The third-order valence-electron chi connectivity index (χ3n) is 3.89. The second kappa shape index (κ2) is 8.71. The third kappa shape index (κ3) is 4.04. The number of allylic oxidation sites excluding steroid dienone is 1. The average molecular weight is 364 g/mol. The van der Waals surface area contributed by atoms with E-state index in [9.17, 15) is 4.79 Å². The van der Waals surface area contributed by atoms with E-state index < -0.39 is 6.04 Å². The molecule has 0 aliphatic carbocycles. The monoisotopic (exact) mass is 364 g/mol. The molecule has 0 saturated heterocycles. The Morgan fingerprint density at radius 3 is 2.60 bits per heavy atom. The van der Waals surface area contributed by atoms with Crippen LogP contribution in [0.3, 0.4) is 0 Å². The van der Waals surface area contributed by atoms with Gasteiger partial charge in [-0.15, -0.1) is 0 Å². The standard InChI is InChI=1S/C18H24N2O4S/c1-5-8-12-14(17(21)24-6-2)15(20-18(25)19-12)11-9-7-10-13(22-3)16(11)23-4/h7,9-10,15H,5-6,8H2,1-4H3,(H2,19,20,25)/t15-/m0/s1. The Bertz CT molecular complexity index is 688. The molecule has 1 aliphatic heterocycles. The lowest BCUT2D eigenvalue weighted by molar-refractivity contribution is -0.139. The van der Waals surface area contributed by atoms with Gasteiger partial charge in [0.25, 0.3) is 0 Å². The van der Waals surface area contributed by atoms with E-state index in [0.717, 1.165) is 17.7 Å². The molecule has 0 amide bonds. The van der Waals surface area contributed by atoms with Crippen molar-refractivity contribution in [2.45, 2.75) is 32.7 Å². The van der Waals surface area contributed by atoms with E-state index in [1.165, 1.54) is 0 Å². The van der Waals surface area contributed by atoms with E-state index >= 15 is 0 Å². The number of carbonyl (C=O) groups excluding carboxylic acids is 1. The zero-order chi connectivity index (χ0) is 18.4. The number of nitrogens with one attached hydrogen (secondary N) is 2. The van der Waals surface area contributed by atoms with Gasteiger partial charge in [-0.25, -0.2) is 4.79 Å². The van der Waals surface area contributed by atoms with Crippen molar-refractivity contribution in [2.75, 3.05) is 20.8 Å². The summed E-state index contributed by atoms with van der Waals surface area (Å²) in [6.45, 7) is 4.13. The summed E-state index contributed by atoms with van der Waals surface area (Å²) in [7, 11) is 3.15. The van der Waals surface area contributed by atoms with Crippen molar-refractivity contribution >= 4 is 23.3 Å². The molecule has 1 aromatic carbocycles. The Morgan fingerprint density at radius 2 is 2.00 bits per heavy atom. The van der Waals surface area contributed by atoms with E-state index in [0.29, 0.717) is 35.2 Å². The van der Waals surface area contributed by atoms with E-state index in [1.807, 2.05) is 25.1 Å². The highest BCUT2D eigenvalue weighted by Gasteiger charge is 2.34. The van der Waals surface area contributed by atoms with Crippen molar-refractivity contribution in [1.82, 2.24) is 10.6 Å². The number of para-hydroxylation sites is 1. The van der Waals surface area contributed by atoms with Crippen molar-refractivity contribution in [3.05, 3.63) is 35.0 Å². The molecule has 25 heavy (non-hydrogen) atoms. The third-order valence-corrected chi connectivity index (χ3v) is 4.11. The first-order valence-corrected chi connectivity index (χ1v) is 8.66. The van der Waals surface area contributed by atoms with Crippen LogP contribution >= 0.6 is 12.2 Å². The molecule has 0 spiro atoms. The Labute approximate surface area is 153 Å². The van der Waals surface area contributed by atoms with Gasteiger partial charge in [0.1, 0.15) is 0 Å². The molecule has 0 bridgehead atoms. The summed E-state index contributed by atoms with van der Waals surface area (Å²) in [6, 6.07) is 5.07. The number of hydrogen-bond donors (Lipinski definition) is 2. The summed E-state index contributed by atoms with van der Waals surface area (Å²) in [5, 5.41) is 6.73. The lowest BCUT2D eigenvalue weighted by atomic mass is 9.93. The Morgan fingerprint density at radius 1 is 1.24 bits per heavy atom. The van der Waals surface area contributed by atoms with Gasteiger partial charge in [-0.05, 0) is 31.6 Å². The highest BCUT2D eigenvalue weighted by molar-refractivity contribution is 7.80. The fourth-order valence-corrected chi connectivity index (χ4v) is 3.13. The first kappa shape index (κ1) is 19.1. The molecule has 7 heteroatoms. The maximum Gasteiger partial charge on any atom is 0.338 e. The number of hydrogen-bond acceptors (Lipinski definition) is 5. The van der Waals surface area contributed by atoms with Crippen LogP contribution in [-0.2, 0) is 9.53 Å². The second-order valence-electron chi connectivity index (χ2n) is 5.48. The van der Waals surface area contributed by atoms with E-state index in [-0.39, 0.29) is 5.97 Å². The minimum Gasteiger partial charge on any atom is -0.493 e. The number of benzene rings is 1. The van der Waals surface area contributed by atoms with Gasteiger partial charge in [0.2, 0.25) is 0 Å². The smallest absolute Gasteiger partial charge is 0.338 e. The number of esters is 1. The molecule has 1 aromatic rings. The molecule has 1 atom stereocenters. The van der Waals surface area contributed by atoms with Crippen molar-refractivity contribution < 1.29 is 19.0 Å². The number of methoxy groups -OCH3 is 2. The normalized spacial score (nSPS) is 16.8. The molecular formula is C18H24N2O4S. The minimum atomic E-state index is -0.473. The highest BCUT2D eigenvalue weighted by atomic mass is 32.1. The zero-order valence-electron chi connectivity index (χ0n) is 15.0. The van der Waals surface area contributed by atoms with Gasteiger partial charge in [-0.2, -0.15) is 0 Å². The Kier molecular flexibility index (Phi) is 6.64. The van der Waals surface area contributed by atoms with Crippen LogP contribution in [0.5, 0.6) is 11.5 Å². The fraction of sp³-hybridized carbons (Fsp3) is 0.444. The summed E-state index contributed by atoms with van der Waals surface area (Å²) in [5.74, 6) is 0.777.